The Morgan fingerprint density at radius 3 is 2.54 bits per heavy atom. The van der Waals surface area contributed by atoms with E-state index < -0.39 is 29.7 Å². The first-order valence-corrected chi connectivity index (χ1v) is 12.8. The zero-order chi connectivity index (χ0) is 29.7. The van der Waals surface area contributed by atoms with Gasteiger partial charge in [0.1, 0.15) is 0 Å². The fourth-order valence-corrected chi connectivity index (χ4v) is 4.42. The van der Waals surface area contributed by atoms with Gasteiger partial charge in [0.15, 0.2) is 17.4 Å². The number of benzene rings is 2. The Morgan fingerprint density at radius 2 is 1.85 bits per heavy atom. The van der Waals surface area contributed by atoms with E-state index in [-0.39, 0.29) is 47.9 Å². The van der Waals surface area contributed by atoms with E-state index in [9.17, 15) is 28.3 Å². The van der Waals surface area contributed by atoms with Gasteiger partial charge in [-0.15, -0.1) is 0 Å². The van der Waals surface area contributed by atoms with Crippen LogP contribution in [-0.2, 0) is 7.05 Å². The van der Waals surface area contributed by atoms with Crippen molar-refractivity contribution in [2.75, 3.05) is 38.6 Å². The molecule has 1 saturated heterocycles. The summed E-state index contributed by atoms with van der Waals surface area (Å²) < 4.78 is 34.9. The van der Waals surface area contributed by atoms with Gasteiger partial charge in [-0.1, -0.05) is 0 Å². The van der Waals surface area contributed by atoms with Gasteiger partial charge in [0.25, 0.3) is 11.8 Å². The summed E-state index contributed by atoms with van der Waals surface area (Å²) in [7, 11) is 2.74. The molecule has 14 heteroatoms. The van der Waals surface area contributed by atoms with Gasteiger partial charge in [-0.3, -0.25) is 9.59 Å². The fraction of sp³-hybridized carbons (Fsp3) is 0.333. The molecule has 41 heavy (non-hydrogen) atoms. The predicted molar refractivity (Wildman–Crippen MR) is 146 cm³/mol. The molecule has 1 aliphatic heterocycles. The average molecular weight is 572 g/mol. The van der Waals surface area contributed by atoms with Gasteiger partial charge in [-0.2, -0.15) is 4.39 Å². The fourth-order valence-electron chi connectivity index (χ4n) is 4.42. The number of imidazole rings is 1. The highest BCUT2D eigenvalue weighted by Crippen LogP contribution is 2.30. The molecule has 0 spiro atoms. The van der Waals surface area contributed by atoms with Crippen LogP contribution in [0.5, 0.6) is 5.75 Å². The number of amides is 4. The number of nitrogens with zero attached hydrogens (tertiary/aromatic N) is 2. The van der Waals surface area contributed by atoms with Gasteiger partial charge in [0.05, 0.1) is 31.1 Å². The Balaban J connectivity index is 1.32. The number of methoxy groups -OCH3 is 1. The molecule has 0 saturated carbocycles. The van der Waals surface area contributed by atoms with Gasteiger partial charge in [-0.25, -0.2) is 14.2 Å². The molecule has 0 aliphatic carbocycles. The Kier molecular flexibility index (Phi) is 9.14. The van der Waals surface area contributed by atoms with Crippen LogP contribution >= 0.6 is 0 Å². The maximum Gasteiger partial charge on any atom is 0.315 e. The summed E-state index contributed by atoms with van der Waals surface area (Å²) in [5, 5.41) is 23.4. The lowest BCUT2D eigenvalue weighted by atomic mass is 10.1. The summed E-state index contributed by atoms with van der Waals surface area (Å²) in [5.41, 5.74) is 1.48. The highest BCUT2D eigenvalue weighted by Gasteiger charge is 2.26. The minimum atomic E-state index is -1.14. The van der Waals surface area contributed by atoms with E-state index in [1.54, 1.807) is 25.1 Å². The molecule has 4 rings (SSSR count). The second-order valence-corrected chi connectivity index (χ2v) is 9.44. The largest absolute Gasteiger partial charge is 0.494 e. The van der Waals surface area contributed by atoms with Gasteiger partial charge < -0.3 is 41.0 Å². The van der Waals surface area contributed by atoms with E-state index in [4.69, 9.17) is 4.74 Å². The maximum absolute atomic E-state index is 14.6. The number of aliphatic hydroxyl groups excluding tert-OH is 1. The third-order valence-electron chi connectivity index (χ3n) is 6.66. The lowest BCUT2D eigenvalue weighted by Crippen LogP contribution is -2.48. The van der Waals surface area contributed by atoms with E-state index in [0.29, 0.717) is 29.9 Å². The Hall–Kier alpha value is -4.56. The molecule has 0 unspecified atom stereocenters. The maximum atomic E-state index is 14.6. The van der Waals surface area contributed by atoms with Crippen LogP contribution in [0.15, 0.2) is 36.5 Å². The topological polar surface area (TPSA) is 159 Å². The second-order valence-electron chi connectivity index (χ2n) is 9.44. The number of anilines is 1. The Labute approximate surface area is 234 Å². The van der Waals surface area contributed by atoms with Crippen molar-refractivity contribution in [1.29, 1.82) is 0 Å². The van der Waals surface area contributed by atoms with Crippen LogP contribution in [0.1, 0.15) is 26.5 Å². The summed E-state index contributed by atoms with van der Waals surface area (Å²) in [6, 6.07) is 6.53. The number of aliphatic hydroxyl groups is 1. The molecule has 1 aromatic heterocycles. The Bertz CT molecular complexity index is 1460. The number of hydrogen-bond donors (Lipinski definition) is 6. The molecule has 0 radical (unpaired) electrons. The molecule has 12 nitrogen and oxygen atoms in total. The molecule has 2 aromatic carbocycles. The van der Waals surface area contributed by atoms with Crippen LogP contribution in [0.25, 0.3) is 11.3 Å². The number of urea groups is 1. The normalized spacial score (nSPS) is 16.2. The van der Waals surface area contributed by atoms with Crippen molar-refractivity contribution >= 4 is 23.5 Å². The van der Waals surface area contributed by atoms with Gasteiger partial charge in [-0.05, 0) is 42.8 Å². The molecule has 2 heterocycles. The molecule has 1 aliphatic rings. The van der Waals surface area contributed by atoms with E-state index in [1.165, 1.54) is 37.1 Å². The molecule has 218 valence electrons. The third-order valence-corrected chi connectivity index (χ3v) is 6.66. The lowest BCUT2D eigenvalue weighted by molar-refractivity contribution is 0.0952. The zero-order valence-corrected chi connectivity index (χ0v) is 22.7. The third kappa shape index (κ3) is 6.61. The minimum Gasteiger partial charge on any atom is -0.494 e. The van der Waals surface area contributed by atoms with Crippen LogP contribution in [0.4, 0.5) is 19.3 Å². The van der Waals surface area contributed by atoms with E-state index >= 15 is 0 Å². The quantitative estimate of drug-likeness (QED) is 0.211. The SMILES string of the molecule is COc1ccc(-c2cnc(C(=O)Nc3ccc(C(=O)NCCNC(=O)N[C@@H]4CNC[C@H]4O)c(C)c3)n2C)c(F)c1F. The van der Waals surface area contributed by atoms with Crippen molar-refractivity contribution < 1.29 is 33.0 Å². The molecule has 2 atom stereocenters. The monoisotopic (exact) mass is 571 g/mol. The van der Waals surface area contributed by atoms with Crippen LogP contribution < -0.4 is 31.3 Å². The van der Waals surface area contributed by atoms with Crippen molar-refractivity contribution in [3.8, 4) is 17.0 Å². The van der Waals surface area contributed by atoms with Gasteiger partial charge in [0, 0.05) is 50.0 Å². The van der Waals surface area contributed by atoms with Crippen LogP contribution in [0.2, 0.25) is 0 Å². The molecule has 3 aromatic rings. The number of carbonyl (C=O) groups is 3. The summed E-state index contributed by atoms with van der Waals surface area (Å²) in [6.07, 6.45) is 0.623. The number of aryl methyl sites for hydroxylation is 1. The Morgan fingerprint density at radius 1 is 1.10 bits per heavy atom. The molecule has 0 bridgehead atoms. The predicted octanol–water partition coefficient (Wildman–Crippen LogP) is 1.30. The smallest absolute Gasteiger partial charge is 0.315 e. The first-order chi connectivity index (χ1) is 19.6. The number of halogens is 2. The van der Waals surface area contributed by atoms with Crippen LogP contribution in [0.3, 0.4) is 0 Å². The summed E-state index contributed by atoms with van der Waals surface area (Å²) in [4.78, 5) is 41.5. The number of β-amino-alcohol motifs (C(OH)–C–C–N with tert-alkyl or cyclic N) is 1. The number of aromatic nitrogens is 2. The number of carbonyl (C=O) groups excluding carboxylic acids is 3. The molecular weight excluding hydrogens is 540 g/mol. The highest BCUT2D eigenvalue weighted by atomic mass is 19.2. The van der Waals surface area contributed by atoms with Crippen LogP contribution in [-0.4, -0.2) is 77.9 Å². The van der Waals surface area contributed by atoms with E-state index in [0.717, 1.165) is 0 Å². The summed E-state index contributed by atoms with van der Waals surface area (Å²) >= 11 is 0. The summed E-state index contributed by atoms with van der Waals surface area (Å²) in [6.45, 7) is 2.96. The zero-order valence-electron chi connectivity index (χ0n) is 22.7. The van der Waals surface area contributed by atoms with Crippen molar-refractivity contribution in [1.82, 2.24) is 30.8 Å². The highest BCUT2D eigenvalue weighted by molar-refractivity contribution is 6.03. The first-order valence-electron chi connectivity index (χ1n) is 12.8. The first kappa shape index (κ1) is 29.4. The second kappa shape index (κ2) is 12.7. The van der Waals surface area contributed by atoms with Crippen LogP contribution in [0, 0.1) is 18.6 Å². The van der Waals surface area contributed by atoms with Crippen molar-refractivity contribution in [3.05, 3.63) is 65.1 Å². The van der Waals surface area contributed by atoms with Gasteiger partial charge in [0.2, 0.25) is 5.82 Å². The standard InChI is InChI=1S/C27H31F2N7O5/c1-14-10-15(4-5-16(14)25(38)31-8-9-32-27(40)35-18-11-30-13-20(18)37)34-26(39)24-33-12-19(36(24)2)17-6-7-21(41-3)23(29)22(17)28/h4-7,10,12,18,20,30,37H,8-9,11,13H2,1-3H3,(H,31,38)(H,34,39)(H2,32,35,40)/t18-,20-/m1/s1. The number of nitrogens with one attached hydrogen (secondary N) is 5. The minimum absolute atomic E-state index is 0.0367. The molecule has 4 amide bonds. The van der Waals surface area contributed by atoms with E-state index in [2.05, 4.69) is 31.6 Å². The molecule has 1 fully saturated rings. The van der Waals surface area contributed by atoms with Crippen molar-refractivity contribution in [2.45, 2.75) is 19.1 Å². The number of hydrogen-bond acceptors (Lipinski definition) is 7. The van der Waals surface area contributed by atoms with Crippen molar-refractivity contribution in [2.24, 2.45) is 7.05 Å². The van der Waals surface area contributed by atoms with E-state index in [1.807, 2.05) is 0 Å². The lowest BCUT2D eigenvalue weighted by Gasteiger charge is -2.16. The average Bonchev–Trinajstić information content (AvgIpc) is 3.52. The molecule has 6 N–H and O–H groups in total. The summed E-state index contributed by atoms with van der Waals surface area (Å²) in [5.74, 6) is -3.49. The number of ether oxygens (including phenoxy) is 1. The number of rotatable bonds is 9. The molecular formula is C27H31F2N7O5. The van der Waals surface area contributed by atoms with Crippen molar-refractivity contribution in [3.63, 3.8) is 0 Å². The van der Waals surface area contributed by atoms with Gasteiger partial charge >= 0.3 is 6.03 Å².